The Morgan fingerprint density at radius 3 is 1.16 bits per heavy atom. The fourth-order valence-corrected chi connectivity index (χ4v) is 7.67. The lowest BCUT2D eigenvalue weighted by atomic mass is 10.0. The van der Waals surface area contributed by atoms with Crippen molar-refractivity contribution in [3.8, 4) is 0 Å². The van der Waals surface area contributed by atoms with Crippen molar-refractivity contribution in [1.29, 1.82) is 0 Å². The van der Waals surface area contributed by atoms with Crippen molar-refractivity contribution in [1.82, 2.24) is 0 Å². The topological polar surface area (TPSA) is 102 Å². The van der Waals surface area contributed by atoms with Crippen LogP contribution in [-0.2, 0) is 28.6 Å². The van der Waals surface area contributed by atoms with E-state index in [1.165, 1.54) is 89.9 Å². The maximum absolute atomic E-state index is 12.8. The van der Waals surface area contributed by atoms with Gasteiger partial charge in [-0.2, -0.15) is 0 Å². The largest absolute Gasteiger partial charge is 0.544 e. The van der Waals surface area contributed by atoms with Gasteiger partial charge in [0.25, 0.3) is 0 Å². The van der Waals surface area contributed by atoms with Crippen LogP contribution in [0.1, 0.15) is 219 Å². The minimum Gasteiger partial charge on any atom is -0.544 e. The van der Waals surface area contributed by atoms with Crippen molar-refractivity contribution in [2.45, 2.75) is 231 Å². The fraction of sp³-hybridized carbons (Fsp3) is 0.712. The molecule has 8 nitrogen and oxygen atoms in total. The monoisotopic (exact) mass is 936 g/mol. The highest BCUT2D eigenvalue weighted by Gasteiger charge is 2.25. The molecule has 0 saturated heterocycles. The summed E-state index contributed by atoms with van der Waals surface area (Å²) in [5.41, 5.74) is 0. The Morgan fingerprint density at radius 1 is 0.448 bits per heavy atom. The molecule has 0 heterocycles. The number of allylic oxidation sites excluding steroid dienone is 14. The Kier molecular flexibility index (Phi) is 46.4. The highest BCUT2D eigenvalue weighted by molar-refractivity contribution is 5.70. The fourth-order valence-electron chi connectivity index (χ4n) is 7.67. The smallest absolute Gasteiger partial charge is 0.306 e. The van der Waals surface area contributed by atoms with Gasteiger partial charge < -0.3 is 28.6 Å². The Hall–Kier alpha value is -3.49. The Bertz CT molecular complexity index is 1370. The van der Waals surface area contributed by atoms with Crippen LogP contribution in [0.4, 0.5) is 0 Å². The molecule has 67 heavy (non-hydrogen) atoms. The molecule has 0 fully saturated rings. The number of carboxylic acid groups (broad SMARTS) is 1. The van der Waals surface area contributed by atoms with Gasteiger partial charge in [0.2, 0.25) is 0 Å². The molecular weight excluding hydrogens is 835 g/mol. The minimum atomic E-state index is -1.13. The second kappa shape index (κ2) is 48.9. The summed E-state index contributed by atoms with van der Waals surface area (Å²) in [5, 5.41) is 11.7. The zero-order valence-corrected chi connectivity index (χ0v) is 43.8. The van der Waals surface area contributed by atoms with Gasteiger partial charge in [-0.05, 0) is 83.5 Å². The van der Waals surface area contributed by atoms with Crippen molar-refractivity contribution in [3.05, 3.63) is 85.1 Å². The molecule has 0 aliphatic rings. The van der Waals surface area contributed by atoms with Crippen molar-refractivity contribution in [2.75, 3.05) is 41.0 Å². The number of carboxylic acids is 1. The minimum absolute atomic E-state index is 0.0327. The van der Waals surface area contributed by atoms with Crippen molar-refractivity contribution in [2.24, 2.45) is 0 Å². The van der Waals surface area contributed by atoms with Crippen molar-refractivity contribution >= 4 is 17.9 Å². The van der Waals surface area contributed by atoms with E-state index in [0.29, 0.717) is 12.8 Å². The summed E-state index contributed by atoms with van der Waals surface area (Å²) >= 11 is 0. The van der Waals surface area contributed by atoms with Crippen molar-refractivity contribution in [3.63, 3.8) is 0 Å². The number of ether oxygens (including phenoxy) is 3. The molecule has 0 aromatic carbocycles. The number of aliphatic carboxylic acids is 1. The Morgan fingerprint density at radius 2 is 0.791 bits per heavy atom. The van der Waals surface area contributed by atoms with Crippen LogP contribution >= 0.6 is 0 Å². The number of carbonyl (C=O) groups excluding carboxylic acids is 3. The maximum atomic E-state index is 12.8. The molecule has 0 N–H and O–H groups in total. The van der Waals surface area contributed by atoms with Gasteiger partial charge in [-0.1, -0.05) is 202 Å². The van der Waals surface area contributed by atoms with Crippen molar-refractivity contribution < 1.29 is 38.2 Å². The molecule has 0 amide bonds. The van der Waals surface area contributed by atoms with Crippen LogP contribution in [0.15, 0.2) is 85.1 Å². The third-order valence-electron chi connectivity index (χ3n) is 11.8. The van der Waals surface area contributed by atoms with Crippen LogP contribution < -0.4 is 5.11 Å². The third kappa shape index (κ3) is 47.4. The second-order valence-corrected chi connectivity index (χ2v) is 19.1. The van der Waals surface area contributed by atoms with Crippen LogP contribution in [-0.4, -0.2) is 75.5 Å². The summed E-state index contributed by atoms with van der Waals surface area (Å²) in [7, 11) is 5.41. The SMILES string of the molecule is CC/C=C/C/C=C/C/C=C/C/C=C/C/C=C/CCCCCCCCC(=O)OCC(COCCC(C(=O)[O-])[N+](C)(C)C)OC(=O)CCCCCCCCCCCCCCCC/C=C/C/C=C/CC. The number of hydrogen-bond donors (Lipinski definition) is 0. The van der Waals surface area contributed by atoms with Crippen LogP contribution in [0.2, 0.25) is 0 Å². The van der Waals surface area contributed by atoms with Crippen LogP contribution in [0.3, 0.4) is 0 Å². The Balaban J connectivity index is 4.24. The highest BCUT2D eigenvalue weighted by atomic mass is 16.6. The number of quaternary nitrogens is 1. The lowest BCUT2D eigenvalue weighted by Crippen LogP contribution is -2.55. The lowest BCUT2D eigenvalue weighted by molar-refractivity contribution is -0.889. The molecule has 0 spiro atoms. The number of likely N-dealkylation sites (N-methyl/N-ethyl adjacent to an activating group) is 1. The van der Waals surface area contributed by atoms with E-state index in [2.05, 4.69) is 98.9 Å². The number of unbranched alkanes of at least 4 members (excludes halogenated alkanes) is 20. The van der Waals surface area contributed by atoms with E-state index in [0.717, 1.165) is 96.3 Å². The average molecular weight is 936 g/mol. The first-order valence-electron chi connectivity index (χ1n) is 27.1. The van der Waals surface area contributed by atoms with Crippen LogP contribution in [0.25, 0.3) is 0 Å². The molecule has 0 rings (SSSR count). The van der Waals surface area contributed by atoms with E-state index in [-0.39, 0.29) is 42.7 Å². The van der Waals surface area contributed by atoms with Crippen LogP contribution in [0.5, 0.6) is 0 Å². The molecule has 8 heteroatoms. The van der Waals surface area contributed by atoms with Gasteiger partial charge in [0.05, 0.1) is 40.3 Å². The molecule has 384 valence electrons. The van der Waals surface area contributed by atoms with Gasteiger partial charge in [0.15, 0.2) is 6.10 Å². The number of esters is 2. The highest BCUT2D eigenvalue weighted by Crippen LogP contribution is 2.16. The second-order valence-electron chi connectivity index (χ2n) is 19.1. The van der Waals surface area contributed by atoms with Crippen LogP contribution in [0, 0.1) is 0 Å². The lowest BCUT2D eigenvalue weighted by Gasteiger charge is -2.34. The van der Waals surface area contributed by atoms with E-state index in [1.54, 1.807) is 21.1 Å². The molecule has 0 aliphatic heterocycles. The van der Waals surface area contributed by atoms with Gasteiger partial charge >= 0.3 is 11.9 Å². The van der Waals surface area contributed by atoms with E-state index in [9.17, 15) is 19.5 Å². The Labute approximate surface area is 412 Å². The number of nitrogens with zero attached hydrogens (tertiary/aromatic N) is 1. The summed E-state index contributed by atoms with van der Waals surface area (Å²) in [6.45, 7) is 4.45. The molecule has 2 atom stereocenters. The molecule has 0 aromatic heterocycles. The quantitative estimate of drug-likeness (QED) is 0.0259. The summed E-state index contributed by atoms with van der Waals surface area (Å²) in [6, 6.07) is -0.733. The summed E-state index contributed by atoms with van der Waals surface area (Å²) in [6.07, 6.45) is 64.7. The van der Waals surface area contributed by atoms with Gasteiger partial charge in [0, 0.05) is 19.3 Å². The predicted molar refractivity (Wildman–Crippen MR) is 282 cm³/mol. The normalized spacial score (nSPS) is 13.5. The summed E-state index contributed by atoms with van der Waals surface area (Å²) in [5.74, 6) is -1.75. The molecule has 0 saturated carbocycles. The molecule has 2 unspecified atom stereocenters. The molecule has 0 aliphatic carbocycles. The summed E-state index contributed by atoms with van der Waals surface area (Å²) in [4.78, 5) is 37.1. The van der Waals surface area contributed by atoms with Gasteiger partial charge in [-0.15, -0.1) is 0 Å². The first-order chi connectivity index (χ1) is 32.6. The molecular formula is C59H101NO7. The summed E-state index contributed by atoms with van der Waals surface area (Å²) < 4.78 is 17.3. The van der Waals surface area contributed by atoms with E-state index < -0.39 is 18.1 Å². The molecule has 0 aromatic rings. The first-order valence-corrected chi connectivity index (χ1v) is 27.1. The third-order valence-corrected chi connectivity index (χ3v) is 11.8. The van der Waals surface area contributed by atoms with E-state index in [1.807, 2.05) is 0 Å². The van der Waals surface area contributed by atoms with Gasteiger partial charge in [-0.3, -0.25) is 9.59 Å². The average Bonchev–Trinajstić information content (AvgIpc) is 3.29. The van der Waals surface area contributed by atoms with Gasteiger partial charge in [-0.25, -0.2) is 0 Å². The zero-order valence-electron chi connectivity index (χ0n) is 43.8. The van der Waals surface area contributed by atoms with Gasteiger partial charge in [0.1, 0.15) is 12.6 Å². The number of rotatable bonds is 48. The maximum Gasteiger partial charge on any atom is 0.306 e. The standard InChI is InChI=1S/C59H101NO7/c1-6-8-10-12-14-16-18-20-22-24-26-28-30-31-33-35-37-39-41-43-45-47-49-57(61)66-54-55(53-65-52-51-56(59(63)64)60(3,4)5)67-58(62)50-48-46-44-42-40-38-36-34-32-29-27-25-23-21-19-17-15-13-11-9-7-2/h8-11,14-17,20,22,26,28,31,33,55-56H,6-7,12-13,18-19,21,23-25,27,29-30,32,34-54H2,1-5H3/b10-8+,11-9+,16-14+,17-15+,22-20+,28-26+,33-31+. The predicted octanol–water partition coefficient (Wildman–Crippen LogP) is 14.7. The van der Waals surface area contributed by atoms with E-state index in [4.69, 9.17) is 14.2 Å². The zero-order chi connectivity index (χ0) is 49.2. The van der Waals surface area contributed by atoms with E-state index >= 15 is 0 Å². The number of hydrogen-bond acceptors (Lipinski definition) is 7. The number of carbonyl (C=O) groups is 3. The first kappa shape index (κ1) is 63.5. The molecule has 0 radical (unpaired) electrons. The molecule has 0 bridgehead atoms.